The number of benzene rings is 2. The van der Waals surface area contributed by atoms with Gasteiger partial charge in [0.05, 0.1) is 6.04 Å². The van der Waals surface area contributed by atoms with Crippen LogP contribution in [0.1, 0.15) is 33.9 Å². The first-order valence-corrected chi connectivity index (χ1v) is 5.98. The highest BCUT2D eigenvalue weighted by molar-refractivity contribution is 5.42. The van der Waals surface area contributed by atoms with Crippen LogP contribution in [0.25, 0.3) is 0 Å². The van der Waals surface area contributed by atoms with Gasteiger partial charge in [-0.15, -0.1) is 0 Å². The van der Waals surface area contributed by atoms with Gasteiger partial charge in [0.25, 0.3) is 0 Å². The molecule has 1 unspecified atom stereocenters. The van der Waals surface area contributed by atoms with Crippen LogP contribution in [-0.2, 0) is 0 Å². The Hall–Kier alpha value is -1.60. The average molecular weight is 225 g/mol. The van der Waals surface area contributed by atoms with E-state index in [4.69, 9.17) is 5.73 Å². The summed E-state index contributed by atoms with van der Waals surface area (Å²) in [5.74, 6) is 0. The van der Waals surface area contributed by atoms with E-state index in [9.17, 15) is 0 Å². The smallest absolute Gasteiger partial charge is 0.0556 e. The van der Waals surface area contributed by atoms with Gasteiger partial charge in [0, 0.05) is 0 Å². The molecule has 0 aromatic heterocycles. The summed E-state index contributed by atoms with van der Waals surface area (Å²) < 4.78 is 0. The third kappa shape index (κ3) is 2.40. The highest BCUT2D eigenvalue weighted by Gasteiger charge is 2.13. The Balaban J connectivity index is 2.47. The Bertz CT molecular complexity index is 509. The van der Waals surface area contributed by atoms with Crippen molar-refractivity contribution in [1.29, 1.82) is 0 Å². The summed E-state index contributed by atoms with van der Waals surface area (Å²) in [5, 5.41) is 0. The molecule has 2 aromatic carbocycles. The van der Waals surface area contributed by atoms with Crippen molar-refractivity contribution in [2.75, 3.05) is 0 Å². The largest absolute Gasteiger partial charge is 0.320 e. The Morgan fingerprint density at radius 1 is 0.882 bits per heavy atom. The van der Waals surface area contributed by atoms with Gasteiger partial charge in [-0.2, -0.15) is 0 Å². The third-order valence-corrected chi connectivity index (χ3v) is 3.25. The van der Waals surface area contributed by atoms with Crippen LogP contribution in [0.2, 0.25) is 0 Å². The van der Waals surface area contributed by atoms with Crippen molar-refractivity contribution in [2.24, 2.45) is 5.73 Å². The predicted octanol–water partition coefficient (Wildman–Crippen LogP) is 3.66. The molecule has 0 bridgehead atoms. The number of rotatable bonds is 2. The van der Waals surface area contributed by atoms with Gasteiger partial charge >= 0.3 is 0 Å². The number of hydrogen-bond acceptors (Lipinski definition) is 1. The van der Waals surface area contributed by atoms with Crippen molar-refractivity contribution in [2.45, 2.75) is 26.8 Å². The van der Waals surface area contributed by atoms with Crippen LogP contribution in [0.5, 0.6) is 0 Å². The molecule has 0 saturated heterocycles. The van der Waals surface area contributed by atoms with E-state index >= 15 is 0 Å². The number of hydrogen-bond donors (Lipinski definition) is 1. The highest BCUT2D eigenvalue weighted by atomic mass is 14.6. The summed E-state index contributed by atoms with van der Waals surface area (Å²) in [4.78, 5) is 0. The van der Waals surface area contributed by atoms with E-state index in [2.05, 4.69) is 63.2 Å². The molecule has 88 valence electrons. The van der Waals surface area contributed by atoms with E-state index in [1.165, 1.54) is 27.8 Å². The van der Waals surface area contributed by atoms with E-state index < -0.39 is 0 Å². The fraction of sp³-hybridized carbons (Fsp3) is 0.250. The number of nitrogens with two attached hydrogens (primary N) is 1. The summed E-state index contributed by atoms with van der Waals surface area (Å²) in [6, 6.07) is 14.7. The second-order valence-electron chi connectivity index (χ2n) is 4.70. The lowest BCUT2D eigenvalue weighted by Gasteiger charge is -2.18. The first-order valence-electron chi connectivity index (χ1n) is 5.98. The zero-order valence-electron chi connectivity index (χ0n) is 10.7. The second-order valence-corrected chi connectivity index (χ2v) is 4.70. The van der Waals surface area contributed by atoms with E-state index in [0.717, 1.165) is 0 Å². The van der Waals surface area contributed by atoms with E-state index in [1.54, 1.807) is 0 Å². The Kier molecular flexibility index (Phi) is 3.30. The minimum atomic E-state index is -0.0314. The molecule has 0 aliphatic heterocycles. The zero-order chi connectivity index (χ0) is 12.4. The van der Waals surface area contributed by atoms with Crippen molar-refractivity contribution >= 4 is 0 Å². The topological polar surface area (TPSA) is 26.0 Å². The predicted molar refractivity (Wildman–Crippen MR) is 73.1 cm³/mol. The molecule has 1 heteroatoms. The lowest BCUT2D eigenvalue weighted by atomic mass is 9.91. The zero-order valence-corrected chi connectivity index (χ0v) is 10.7. The van der Waals surface area contributed by atoms with Gasteiger partial charge in [0.1, 0.15) is 0 Å². The van der Waals surface area contributed by atoms with Gasteiger partial charge in [-0.3, -0.25) is 0 Å². The van der Waals surface area contributed by atoms with Crippen LogP contribution >= 0.6 is 0 Å². The summed E-state index contributed by atoms with van der Waals surface area (Å²) in [6.45, 7) is 6.34. The number of aryl methyl sites for hydroxylation is 3. The van der Waals surface area contributed by atoms with Gasteiger partial charge in [-0.25, -0.2) is 0 Å². The van der Waals surface area contributed by atoms with Crippen LogP contribution in [0.4, 0.5) is 0 Å². The van der Waals surface area contributed by atoms with Gasteiger partial charge < -0.3 is 5.73 Å². The minimum Gasteiger partial charge on any atom is -0.320 e. The maximum atomic E-state index is 6.39. The van der Waals surface area contributed by atoms with E-state index in [-0.39, 0.29) is 6.04 Å². The summed E-state index contributed by atoms with van der Waals surface area (Å²) in [7, 11) is 0. The van der Waals surface area contributed by atoms with Crippen LogP contribution in [0.15, 0.2) is 42.5 Å². The minimum absolute atomic E-state index is 0.0314. The summed E-state index contributed by atoms with van der Waals surface area (Å²) in [5.41, 5.74) is 12.6. The standard InChI is InChI=1S/C16H19N/c1-11-6-4-9-14(10-11)16(17)15-12(2)7-5-8-13(15)3/h4-10,16H,17H2,1-3H3. The molecule has 0 aliphatic rings. The van der Waals surface area contributed by atoms with Crippen LogP contribution in [0.3, 0.4) is 0 Å². The van der Waals surface area contributed by atoms with Crippen molar-refractivity contribution in [3.8, 4) is 0 Å². The summed E-state index contributed by atoms with van der Waals surface area (Å²) >= 11 is 0. The quantitative estimate of drug-likeness (QED) is 0.829. The van der Waals surface area contributed by atoms with Crippen LogP contribution in [-0.4, -0.2) is 0 Å². The van der Waals surface area contributed by atoms with Crippen molar-refractivity contribution in [3.63, 3.8) is 0 Å². The van der Waals surface area contributed by atoms with E-state index in [0.29, 0.717) is 0 Å². The fourth-order valence-corrected chi connectivity index (χ4v) is 2.35. The highest BCUT2D eigenvalue weighted by Crippen LogP contribution is 2.26. The molecular weight excluding hydrogens is 206 g/mol. The van der Waals surface area contributed by atoms with Crippen LogP contribution in [0, 0.1) is 20.8 Å². The maximum Gasteiger partial charge on any atom is 0.0556 e. The molecule has 1 atom stereocenters. The van der Waals surface area contributed by atoms with E-state index in [1.807, 2.05) is 0 Å². The van der Waals surface area contributed by atoms with Crippen LogP contribution < -0.4 is 5.73 Å². The van der Waals surface area contributed by atoms with Gasteiger partial charge in [0.2, 0.25) is 0 Å². The Morgan fingerprint density at radius 3 is 2.06 bits per heavy atom. The maximum absolute atomic E-state index is 6.39. The first-order chi connectivity index (χ1) is 8.09. The Labute approximate surface area is 103 Å². The van der Waals surface area contributed by atoms with Gasteiger partial charge in [-0.1, -0.05) is 48.0 Å². The molecule has 0 saturated carbocycles. The SMILES string of the molecule is Cc1cccc(C(N)c2c(C)cccc2C)c1. The lowest BCUT2D eigenvalue weighted by Crippen LogP contribution is -2.14. The molecular formula is C16H19N. The molecule has 0 spiro atoms. The molecule has 2 N–H and O–H groups in total. The monoisotopic (exact) mass is 225 g/mol. The van der Waals surface area contributed by atoms with Crippen molar-refractivity contribution < 1.29 is 0 Å². The molecule has 17 heavy (non-hydrogen) atoms. The first kappa shape index (κ1) is 11.9. The van der Waals surface area contributed by atoms with Gasteiger partial charge in [-0.05, 0) is 43.0 Å². The van der Waals surface area contributed by atoms with Crippen molar-refractivity contribution in [1.82, 2.24) is 0 Å². The third-order valence-electron chi connectivity index (χ3n) is 3.25. The van der Waals surface area contributed by atoms with Crippen molar-refractivity contribution in [3.05, 3.63) is 70.3 Å². The molecule has 0 aliphatic carbocycles. The fourth-order valence-electron chi connectivity index (χ4n) is 2.35. The molecule has 0 amide bonds. The molecule has 2 rings (SSSR count). The Morgan fingerprint density at radius 2 is 1.47 bits per heavy atom. The average Bonchev–Trinajstić information content (AvgIpc) is 2.28. The normalized spacial score (nSPS) is 12.5. The van der Waals surface area contributed by atoms with Gasteiger partial charge in [0.15, 0.2) is 0 Å². The molecule has 0 fully saturated rings. The lowest BCUT2D eigenvalue weighted by molar-refractivity contribution is 0.850. The molecule has 0 radical (unpaired) electrons. The molecule has 2 aromatic rings. The molecule has 1 nitrogen and oxygen atoms in total. The molecule has 0 heterocycles. The second kappa shape index (κ2) is 4.72. The summed E-state index contributed by atoms with van der Waals surface area (Å²) in [6.07, 6.45) is 0.